The van der Waals surface area contributed by atoms with Crippen LogP contribution in [-0.4, -0.2) is 48.2 Å². The van der Waals surface area contributed by atoms with Crippen molar-refractivity contribution in [3.63, 3.8) is 0 Å². The number of fused-ring (bicyclic) bond motifs is 2. The first kappa shape index (κ1) is 16.9. The smallest absolute Gasteiger partial charge is 0.159 e. The zero-order valence-corrected chi connectivity index (χ0v) is 14.3. The van der Waals surface area contributed by atoms with E-state index in [-0.39, 0.29) is 6.29 Å². The molecule has 2 aliphatic heterocycles. The van der Waals surface area contributed by atoms with E-state index < -0.39 is 5.60 Å². The maximum Gasteiger partial charge on any atom is 0.159 e. The van der Waals surface area contributed by atoms with E-state index in [2.05, 4.69) is 35.2 Å². The highest BCUT2D eigenvalue weighted by molar-refractivity contribution is 5.15. The molecular weight excluding hydrogens is 290 g/mol. The molecule has 0 aromatic heterocycles. The van der Waals surface area contributed by atoms with Gasteiger partial charge in [-0.15, -0.1) is 0 Å². The first-order valence-electron chi connectivity index (χ1n) is 8.71. The number of piperidine rings is 2. The standard InChI is InChI=1S/C19H29NO3/c1-22-18(23-2)13-19(21)11-16-9-6-10-17(12-19)20(16)14-15-7-4-3-5-8-15/h3-5,7-8,16-18,21H,6,9-14H2,1-2H3. The molecule has 2 fully saturated rings. The van der Waals surface area contributed by atoms with Crippen molar-refractivity contribution in [1.29, 1.82) is 0 Å². The summed E-state index contributed by atoms with van der Waals surface area (Å²) in [7, 11) is 3.28. The summed E-state index contributed by atoms with van der Waals surface area (Å²) in [5.74, 6) is 0. The summed E-state index contributed by atoms with van der Waals surface area (Å²) in [6, 6.07) is 11.6. The second-order valence-electron chi connectivity index (χ2n) is 7.13. The van der Waals surface area contributed by atoms with Gasteiger partial charge in [0.15, 0.2) is 6.29 Å². The van der Waals surface area contributed by atoms with Crippen LogP contribution in [0.3, 0.4) is 0 Å². The highest BCUT2D eigenvalue weighted by atomic mass is 16.7. The average molecular weight is 319 g/mol. The lowest BCUT2D eigenvalue weighted by Gasteiger charge is -2.52. The van der Waals surface area contributed by atoms with E-state index in [4.69, 9.17) is 9.47 Å². The molecule has 4 heteroatoms. The van der Waals surface area contributed by atoms with Gasteiger partial charge >= 0.3 is 0 Å². The number of nitrogens with zero attached hydrogens (tertiary/aromatic N) is 1. The lowest BCUT2D eigenvalue weighted by Crippen LogP contribution is -2.58. The highest BCUT2D eigenvalue weighted by Crippen LogP contribution is 2.42. The Morgan fingerprint density at radius 2 is 1.74 bits per heavy atom. The SMILES string of the molecule is COC(CC1(O)CC2CCCC(C1)N2Cc1ccccc1)OC. The Bertz CT molecular complexity index is 475. The number of hydrogen-bond donors (Lipinski definition) is 1. The van der Waals surface area contributed by atoms with Crippen LogP contribution in [0.1, 0.15) is 44.1 Å². The van der Waals surface area contributed by atoms with Gasteiger partial charge in [-0.3, -0.25) is 4.90 Å². The Labute approximate surface area is 139 Å². The Kier molecular flexibility index (Phi) is 5.37. The molecule has 1 aromatic rings. The van der Waals surface area contributed by atoms with Gasteiger partial charge < -0.3 is 14.6 Å². The van der Waals surface area contributed by atoms with Crippen LogP contribution in [0.25, 0.3) is 0 Å². The summed E-state index contributed by atoms with van der Waals surface area (Å²) in [4.78, 5) is 2.61. The van der Waals surface area contributed by atoms with Gasteiger partial charge in [0.1, 0.15) is 0 Å². The van der Waals surface area contributed by atoms with E-state index in [1.807, 2.05) is 0 Å². The minimum Gasteiger partial charge on any atom is -0.390 e. The third kappa shape index (κ3) is 3.94. The first-order chi connectivity index (χ1) is 11.1. The molecule has 0 spiro atoms. The molecule has 0 amide bonds. The Morgan fingerprint density at radius 1 is 1.13 bits per heavy atom. The third-order valence-corrected chi connectivity index (χ3v) is 5.52. The number of rotatable bonds is 6. The lowest BCUT2D eigenvalue weighted by atomic mass is 9.74. The number of methoxy groups -OCH3 is 2. The normalized spacial score (nSPS) is 31.5. The fourth-order valence-corrected chi connectivity index (χ4v) is 4.41. The van der Waals surface area contributed by atoms with Crippen molar-refractivity contribution < 1.29 is 14.6 Å². The van der Waals surface area contributed by atoms with Gasteiger partial charge in [0.2, 0.25) is 0 Å². The Balaban J connectivity index is 1.70. The predicted octanol–water partition coefficient (Wildman–Crippen LogP) is 2.94. The van der Waals surface area contributed by atoms with E-state index in [0.717, 1.165) is 19.4 Å². The second-order valence-corrected chi connectivity index (χ2v) is 7.13. The van der Waals surface area contributed by atoms with Gasteiger partial charge in [0.25, 0.3) is 0 Å². The molecule has 1 aromatic carbocycles. The van der Waals surface area contributed by atoms with Gasteiger partial charge in [-0.05, 0) is 31.2 Å². The van der Waals surface area contributed by atoms with Crippen molar-refractivity contribution in [2.75, 3.05) is 14.2 Å². The lowest BCUT2D eigenvalue weighted by molar-refractivity contribution is -0.171. The molecule has 3 rings (SSSR count). The van der Waals surface area contributed by atoms with Gasteiger partial charge in [-0.2, -0.15) is 0 Å². The van der Waals surface area contributed by atoms with Crippen molar-refractivity contribution in [3.8, 4) is 0 Å². The monoisotopic (exact) mass is 319 g/mol. The minimum atomic E-state index is -0.667. The van der Waals surface area contributed by atoms with Crippen LogP contribution in [0.4, 0.5) is 0 Å². The van der Waals surface area contributed by atoms with Crippen molar-refractivity contribution in [2.45, 2.75) is 69.0 Å². The zero-order chi connectivity index (χ0) is 16.3. The van der Waals surface area contributed by atoms with Crippen LogP contribution in [0, 0.1) is 0 Å². The number of benzene rings is 1. The minimum absolute atomic E-state index is 0.318. The molecule has 2 saturated heterocycles. The van der Waals surface area contributed by atoms with Crippen molar-refractivity contribution in [2.24, 2.45) is 0 Å². The van der Waals surface area contributed by atoms with Gasteiger partial charge in [0, 0.05) is 39.3 Å². The summed E-state index contributed by atoms with van der Waals surface area (Å²) < 4.78 is 10.6. The number of aliphatic hydroxyl groups is 1. The quantitative estimate of drug-likeness (QED) is 0.819. The van der Waals surface area contributed by atoms with Crippen LogP contribution < -0.4 is 0 Å². The van der Waals surface area contributed by atoms with Gasteiger partial charge in [-0.25, -0.2) is 0 Å². The van der Waals surface area contributed by atoms with E-state index in [1.165, 1.54) is 24.8 Å². The number of ether oxygens (including phenoxy) is 2. The largest absolute Gasteiger partial charge is 0.390 e. The maximum atomic E-state index is 11.1. The van der Waals surface area contributed by atoms with E-state index >= 15 is 0 Å². The molecule has 23 heavy (non-hydrogen) atoms. The molecule has 2 atom stereocenters. The molecule has 2 aliphatic rings. The van der Waals surface area contributed by atoms with Crippen molar-refractivity contribution >= 4 is 0 Å². The van der Waals surface area contributed by atoms with Crippen LogP contribution in [0.15, 0.2) is 30.3 Å². The maximum absolute atomic E-state index is 11.1. The molecule has 4 nitrogen and oxygen atoms in total. The summed E-state index contributed by atoms with van der Waals surface area (Å²) in [6.07, 6.45) is 5.51. The van der Waals surface area contributed by atoms with Crippen LogP contribution >= 0.6 is 0 Å². The highest BCUT2D eigenvalue weighted by Gasteiger charge is 2.46. The average Bonchev–Trinajstić information content (AvgIpc) is 2.55. The van der Waals surface area contributed by atoms with Crippen LogP contribution in [0.2, 0.25) is 0 Å². The van der Waals surface area contributed by atoms with Crippen molar-refractivity contribution in [3.05, 3.63) is 35.9 Å². The summed E-state index contributed by atoms with van der Waals surface area (Å²) in [5, 5.41) is 11.1. The van der Waals surface area contributed by atoms with E-state index in [1.54, 1.807) is 14.2 Å². The van der Waals surface area contributed by atoms with E-state index in [0.29, 0.717) is 18.5 Å². The molecular formula is C19H29NO3. The molecule has 0 saturated carbocycles. The summed E-state index contributed by atoms with van der Waals surface area (Å²) in [5.41, 5.74) is 0.695. The second kappa shape index (κ2) is 7.31. The molecule has 2 unspecified atom stereocenters. The topological polar surface area (TPSA) is 41.9 Å². The fourth-order valence-electron chi connectivity index (χ4n) is 4.41. The first-order valence-corrected chi connectivity index (χ1v) is 8.71. The molecule has 128 valence electrons. The van der Waals surface area contributed by atoms with E-state index in [9.17, 15) is 5.11 Å². The molecule has 2 heterocycles. The van der Waals surface area contributed by atoms with Crippen LogP contribution in [0.5, 0.6) is 0 Å². The van der Waals surface area contributed by atoms with Crippen molar-refractivity contribution in [1.82, 2.24) is 4.90 Å². The summed E-state index contributed by atoms with van der Waals surface area (Å²) in [6.45, 7) is 0.990. The predicted molar refractivity (Wildman–Crippen MR) is 90.0 cm³/mol. The summed E-state index contributed by atoms with van der Waals surface area (Å²) >= 11 is 0. The van der Waals surface area contributed by atoms with Gasteiger partial charge in [-0.1, -0.05) is 36.8 Å². The van der Waals surface area contributed by atoms with Gasteiger partial charge in [0.05, 0.1) is 5.60 Å². The van der Waals surface area contributed by atoms with Crippen LogP contribution in [-0.2, 0) is 16.0 Å². The third-order valence-electron chi connectivity index (χ3n) is 5.52. The molecule has 1 N–H and O–H groups in total. The zero-order valence-electron chi connectivity index (χ0n) is 14.3. The Morgan fingerprint density at radius 3 is 2.30 bits per heavy atom. The number of hydrogen-bond acceptors (Lipinski definition) is 4. The molecule has 0 aliphatic carbocycles. The molecule has 2 bridgehead atoms. The molecule has 0 radical (unpaired) electrons. The Hall–Kier alpha value is -0.940. The fraction of sp³-hybridized carbons (Fsp3) is 0.684.